The van der Waals surface area contributed by atoms with Crippen LogP contribution in [-0.4, -0.2) is 10.8 Å². The molecule has 0 amide bonds. The second kappa shape index (κ2) is 3.95. The number of carbonyl (C=O) groups excluding carboxylic acids is 1. The first-order valence-electron chi connectivity index (χ1n) is 4.71. The van der Waals surface area contributed by atoms with Crippen molar-refractivity contribution >= 4 is 17.1 Å². The lowest BCUT2D eigenvalue weighted by Gasteiger charge is -1.98. The van der Waals surface area contributed by atoms with Crippen molar-refractivity contribution in [3.8, 4) is 0 Å². The monoisotopic (exact) mass is 217 g/mol. The van der Waals surface area contributed by atoms with Crippen molar-refractivity contribution in [2.45, 2.75) is 13.8 Å². The fraction of sp³-hybridized carbons (Fsp3) is 0.167. The first-order valence-corrected chi connectivity index (χ1v) is 5.53. The van der Waals surface area contributed by atoms with Gasteiger partial charge in [-0.25, -0.2) is 4.98 Å². The molecule has 3 heteroatoms. The van der Waals surface area contributed by atoms with Gasteiger partial charge in [-0.2, -0.15) is 0 Å². The number of pyridine rings is 1. The van der Waals surface area contributed by atoms with E-state index in [1.54, 1.807) is 6.07 Å². The van der Waals surface area contributed by atoms with E-state index in [1.165, 1.54) is 11.3 Å². The first-order chi connectivity index (χ1) is 7.16. The summed E-state index contributed by atoms with van der Waals surface area (Å²) in [7, 11) is 0. The molecule has 0 aliphatic rings. The fourth-order valence-electron chi connectivity index (χ4n) is 1.35. The minimum Gasteiger partial charge on any atom is -0.286 e. The molecule has 0 bridgehead atoms. The average molecular weight is 217 g/mol. The largest absolute Gasteiger partial charge is 0.286 e. The van der Waals surface area contributed by atoms with Crippen molar-refractivity contribution in [1.29, 1.82) is 0 Å². The summed E-state index contributed by atoms with van der Waals surface area (Å²) in [6.07, 6.45) is 0. The highest BCUT2D eigenvalue weighted by molar-refractivity contribution is 7.14. The maximum atomic E-state index is 12.0. The third-order valence-corrected chi connectivity index (χ3v) is 3.08. The second-order valence-corrected chi connectivity index (χ2v) is 4.69. The summed E-state index contributed by atoms with van der Waals surface area (Å²) in [5.41, 5.74) is 1.39. The molecule has 2 rings (SSSR count). The Morgan fingerprint density at radius 3 is 2.60 bits per heavy atom. The summed E-state index contributed by atoms with van der Waals surface area (Å²) in [4.78, 5) is 18.1. The van der Waals surface area contributed by atoms with E-state index in [1.807, 2.05) is 38.1 Å². The van der Waals surface area contributed by atoms with Gasteiger partial charge in [-0.1, -0.05) is 6.07 Å². The molecule has 0 saturated carbocycles. The van der Waals surface area contributed by atoms with Gasteiger partial charge in [-0.15, -0.1) is 11.3 Å². The Labute approximate surface area is 92.6 Å². The lowest BCUT2D eigenvalue weighted by Crippen LogP contribution is -2.02. The molecule has 76 valence electrons. The van der Waals surface area contributed by atoms with Crippen molar-refractivity contribution in [1.82, 2.24) is 4.98 Å². The van der Waals surface area contributed by atoms with E-state index in [2.05, 4.69) is 4.98 Å². The second-order valence-electron chi connectivity index (χ2n) is 3.40. The summed E-state index contributed by atoms with van der Waals surface area (Å²) < 4.78 is 0. The number of thiophene rings is 1. The van der Waals surface area contributed by atoms with Crippen LogP contribution < -0.4 is 0 Å². The number of hydrogen-bond donors (Lipinski definition) is 0. The SMILES string of the molecule is Cc1cccc(C(=O)c2ccc(C)s2)n1. The number of carbonyl (C=O) groups is 1. The van der Waals surface area contributed by atoms with Crippen molar-refractivity contribution < 1.29 is 4.79 Å². The number of aryl methyl sites for hydroxylation is 2. The van der Waals surface area contributed by atoms with Gasteiger partial charge >= 0.3 is 0 Å². The molecular weight excluding hydrogens is 206 g/mol. The van der Waals surface area contributed by atoms with Crippen molar-refractivity contribution in [2.75, 3.05) is 0 Å². The zero-order chi connectivity index (χ0) is 10.8. The van der Waals surface area contributed by atoms with Crippen molar-refractivity contribution in [3.63, 3.8) is 0 Å². The van der Waals surface area contributed by atoms with Crippen LogP contribution in [0.2, 0.25) is 0 Å². The molecule has 0 spiro atoms. The Hall–Kier alpha value is -1.48. The summed E-state index contributed by atoms with van der Waals surface area (Å²) in [5, 5.41) is 0. The fourth-order valence-corrected chi connectivity index (χ4v) is 2.17. The maximum absolute atomic E-state index is 12.0. The van der Waals surface area contributed by atoms with Crippen LogP contribution in [-0.2, 0) is 0 Å². The van der Waals surface area contributed by atoms with E-state index in [9.17, 15) is 4.79 Å². The van der Waals surface area contributed by atoms with Gasteiger partial charge in [-0.3, -0.25) is 4.79 Å². The van der Waals surface area contributed by atoms with Gasteiger partial charge < -0.3 is 0 Å². The molecule has 2 aromatic rings. The van der Waals surface area contributed by atoms with Crippen molar-refractivity contribution in [3.05, 3.63) is 51.5 Å². The Bertz CT molecular complexity index is 502. The van der Waals surface area contributed by atoms with Gasteiger partial charge in [0.15, 0.2) is 0 Å². The maximum Gasteiger partial charge on any atom is 0.221 e. The standard InChI is InChI=1S/C12H11NOS/c1-8-4-3-5-10(13-8)12(14)11-7-6-9(2)15-11/h3-7H,1-2H3. The molecule has 2 nitrogen and oxygen atoms in total. The first kappa shape index (κ1) is 10.1. The van der Waals surface area contributed by atoms with Gasteiger partial charge in [0, 0.05) is 10.6 Å². The van der Waals surface area contributed by atoms with E-state index < -0.39 is 0 Å². The van der Waals surface area contributed by atoms with E-state index in [-0.39, 0.29) is 5.78 Å². The van der Waals surface area contributed by atoms with Crippen LogP contribution in [0, 0.1) is 13.8 Å². The van der Waals surface area contributed by atoms with E-state index >= 15 is 0 Å². The normalized spacial score (nSPS) is 10.3. The smallest absolute Gasteiger partial charge is 0.221 e. The third kappa shape index (κ3) is 2.13. The molecule has 0 aromatic carbocycles. The Morgan fingerprint density at radius 1 is 1.20 bits per heavy atom. The zero-order valence-corrected chi connectivity index (χ0v) is 9.47. The molecule has 0 unspecified atom stereocenters. The van der Waals surface area contributed by atoms with Crippen LogP contribution in [0.5, 0.6) is 0 Å². The molecule has 0 N–H and O–H groups in total. The average Bonchev–Trinajstić information content (AvgIpc) is 2.64. The quantitative estimate of drug-likeness (QED) is 0.724. The molecule has 2 heterocycles. The number of aromatic nitrogens is 1. The molecule has 0 atom stereocenters. The van der Waals surface area contributed by atoms with Crippen LogP contribution in [0.3, 0.4) is 0 Å². The van der Waals surface area contributed by atoms with Crippen LogP contribution in [0.15, 0.2) is 30.3 Å². The minimum absolute atomic E-state index is 0.0109. The molecule has 0 aliphatic carbocycles. The molecule has 2 aromatic heterocycles. The predicted molar refractivity (Wildman–Crippen MR) is 61.5 cm³/mol. The molecule has 0 fully saturated rings. The van der Waals surface area contributed by atoms with Crippen LogP contribution in [0.4, 0.5) is 0 Å². The van der Waals surface area contributed by atoms with E-state index in [0.29, 0.717) is 5.69 Å². The number of rotatable bonds is 2. The van der Waals surface area contributed by atoms with Gasteiger partial charge in [-0.05, 0) is 38.1 Å². The zero-order valence-electron chi connectivity index (χ0n) is 8.65. The van der Waals surface area contributed by atoms with Crippen LogP contribution in [0.25, 0.3) is 0 Å². The number of nitrogens with zero attached hydrogens (tertiary/aromatic N) is 1. The summed E-state index contributed by atoms with van der Waals surface area (Å²) in [6, 6.07) is 9.30. The highest BCUT2D eigenvalue weighted by Gasteiger charge is 2.11. The molecular formula is C12H11NOS. The Balaban J connectivity index is 2.36. The van der Waals surface area contributed by atoms with Crippen LogP contribution >= 0.6 is 11.3 Å². The molecule has 0 saturated heterocycles. The Kier molecular flexibility index (Phi) is 2.64. The van der Waals surface area contributed by atoms with Gasteiger partial charge in [0.1, 0.15) is 5.69 Å². The van der Waals surface area contributed by atoms with E-state index in [4.69, 9.17) is 0 Å². The van der Waals surface area contributed by atoms with Crippen LogP contribution in [0.1, 0.15) is 25.9 Å². The summed E-state index contributed by atoms with van der Waals surface area (Å²) in [6.45, 7) is 3.88. The van der Waals surface area contributed by atoms with E-state index in [0.717, 1.165) is 15.4 Å². The highest BCUT2D eigenvalue weighted by atomic mass is 32.1. The molecule has 0 radical (unpaired) electrons. The third-order valence-electron chi connectivity index (χ3n) is 2.09. The number of hydrogen-bond acceptors (Lipinski definition) is 3. The molecule has 0 aliphatic heterocycles. The molecule has 15 heavy (non-hydrogen) atoms. The van der Waals surface area contributed by atoms with Gasteiger partial charge in [0.25, 0.3) is 0 Å². The predicted octanol–water partition coefficient (Wildman–Crippen LogP) is 2.99. The van der Waals surface area contributed by atoms with Crippen molar-refractivity contribution in [2.24, 2.45) is 0 Å². The van der Waals surface area contributed by atoms with Gasteiger partial charge in [0.2, 0.25) is 5.78 Å². The number of ketones is 1. The summed E-state index contributed by atoms with van der Waals surface area (Å²) in [5.74, 6) is 0.0109. The lowest BCUT2D eigenvalue weighted by molar-refractivity contribution is 0.103. The summed E-state index contributed by atoms with van der Waals surface area (Å²) >= 11 is 1.51. The Morgan fingerprint density at radius 2 is 2.00 bits per heavy atom. The lowest BCUT2D eigenvalue weighted by atomic mass is 10.2. The topological polar surface area (TPSA) is 30.0 Å². The minimum atomic E-state index is 0.0109. The van der Waals surface area contributed by atoms with Gasteiger partial charge in [0.05, 0.1) is 4.88 Å². The highest BCUT2D eigenvalue weighted by Crippen LogP contribution is 2.18.